The summed E-state index contributed by atoms with van der Waals surface area (Å²) in [6, 6.07) is 21.3. The molecule has 1 unspecified atom stereocenters. The minimum atomic E-state index is -0.817. The van der Waals surface area contributed by atoms with Gasteiger partial charge < -0.3 is 10.0 Å². The summed E-state index contributed by atoms with van der Waals surface area (Å²) in [5, 5.41) is 11.6. The highest BCUT2D eigenvalue weighted by Crippen LogP contribution is 2.42. The zero-order valence-electron chi connectivity index (χ0n) is 17.3. The molecule has 2 N–H and O–H groups in total. The normalized spacial score (nSPS) is 17.7. The predicted molar refractivity (Wildman–Crippen MR) is 116 cm³/mol. The van der Waals surface area contributed by atoms with Crippen LogP contribution in [0.2, 0.25) is 0 Å². The van der Waals surface area contributed by atoms with Crippen LogP contribution in [-0.2, 0) is 12.1 Å². The summed E-state index contributed by atoms with van der Waals surface area (Å²) in [5.41, 5.74) is 1.55. The van der Waals surface area contributed by atoms with Gasteiger partial charge >= 0.3 is 0 Å². The minimum absolute atomic E-state index is 0.321. The Morgan fingerprint density at radius 3 is 2.18 bits per heavy atom. The smallest absolute Gasteiger partial charge is 0.139 e. The lowest BCUT2D eigenvalue weighted by Gasteiger charge is -2.33. The number of benzene rings is 2. The molecule has 0 aromatic heterocycles. The molecule has 2 aromatic rings. The second-order valence-electron chi connectivity index (χ2n) is 8.45. The zero-order chi connectivity index (χ0) is 19.8. The molecule has 2 aromatic carbocycles. The van der Waals surface area contributed by atoms with Gasteiger partial charge in [0.2, 0.25) is 0 Å². The van der Waals surface area contributed by atoms with Crippen molar-refractivity contribution in [3.8, 4) is 11.8 Å². The van der Waals surface area contributed by atoms with Crippen LogP contribution in [0.5, 0.6) is 0 Å². The Balaban J connectivity index is 1.68. The molecule has 0 radical (unpaired) electrons. The van der Waals surface area contributed by atoms with E-state index in [0.717, 1.165) is 31.5 Å². The molecule has 0 aliphatic heterocycles. The summed E-state index contributed by atoms with van der Waals surface area (Å²) >= 11 is 0. The fourth-order valence-electron chi connectivity index (χ4n) is 4.31. The second-order valence-corrected chi connectivity index (χ2v) is 8.45. The molecule has 3 rings (SSSR count). The van der Waals surface area contributed by atoms with Crippen molar-refractivity contribution in [2.45, 2.75) is 64.1 Å². The van der Waals surface area contributed by atoms with E-state index in [1.165, 1.54) is 23.3 Å². The van der Waals surface area contributed by atoms with Gasteiger partial charge in [-0.25, -0.2) is 0 Å². The fraction of sp³-hybridized carbons (Fsp3) is 0.462. The Labute approximate surface area is 170 Å². The van der Waals surface area contributed by atoms with E-state index in [9.17, 15) is 5.11 Å². The van der Waals surface area contributed by atoms with Crippen molar-refractivity contribution in [3.63, 3.8) is 0 Å². The second kappa shape index (κ2) is 9.92. The molecule has 2 nitrogen and oxygen atoms in total. The van der Waals surface area contributed by atoms with E-state index in [4.69, 9.17) is 0 Å². The van der Waals surface area contributed by atoms with E-state index in [0.29, 0.717) is 18.4 Å². The van der Waals surface area contributed by atoms with Crippen molar-refractivity contribution in [2.75, 3.05) is 6.54 Å². The van der Waals surface area contributed by atoms with E-state index >= 15 is 0 Å². The molecule has 1 aliphatic rings. The average Bonchev–Trinajstić information content (AvgIpc) is 3.27. The Morgan fingerprint density at radius 1 is 0.964 bits per heavy atom. The van der Waals surface area contributed by atoms with Crippen LogP contribution < -0.4 is 4.90 Å². The summed E-state index contributed by atoms with van der Waals surface area (Å²) in [4.78, 5) is 1.46. The van der Waals surface area contributed by atoms with Gasteiger partial charge in [-0.15, -0.1) is 0 Å². The molecule has 0 bridgehead atoms. The lowest BCUT2D eigenvalue weighted by Crippen LogP contribution is -3.13. The summed E-state index contributed by atoms with van der Waals surface area (Å²) in [7, 11) is 0. The molecule has 1 saturated carbocycles. The van der Waals surface area contributed by atoms with Gasteiger partial charge in [0.15, 0.2) is 0 Å². The summed E-state index contributed by atoms with van der Waals surface area (Å²) in [6.45, 7) is 6.29. The third-order valence-electron chi connectivity index (χ3n) is 6.19. The van der Waals surface area contributed by atoms with Crippen molar-refractivity contribution in [3.05, 3.63) is 71.8 Å². The number of hydrogen-bond donors (Lipinski definition) is 2. The lowest BCUT2D eigenvalue weighted by molar-refractivity contribution is -0.928. The van der Waals surface area contributed by atoms with E-state index in [2.05, 4.69) is 68.2 Å². The van der Waals surface area contributed by atoms with Gasteiger partial charge in [0.05, 0.1) is 6.04 Å². The average molecular weight is 377 g/mol. The van der Waals surface area contributed by atoms with Crippen molar-refractivity contribution in [1.29, 1.82) is 0 Å². The molecule has 1 aliphatic carbocycles. The zero-order valence-corrected chi connectivity index (χ0v) is 17.3. The predicted octanol–water partition coefficient (Wildman–Crippen LogP) is 3.95. The van der Waals surface area contributed by atoms with E-state index < -0.39 is 5.60 Å². The van der Waals surface area contributed by atoms with E-state index in [1.807, 2.05) is 18.2 Å². The van der Waals surface area contributed by atoms with Crippen LogP contribution in [0.15, 0.2) is 60.7 Å². The maximum absolute atomic E-state index is 11.6. The van der Waals surface area contributed by atoms with Crippen LogP contribution in [0.1, 0.15) is 57.1 Å². The summed E-state index contributed by atoms with van der Waals surface area (Å²) < 4.78 is 0. The van der Waals surface area contributed by atoms with Crippen molar-refractivity contribution in [2.24, 2.45) is 5.92 Å². The monoisotopic (exact) mass is 376 g/mol. The first-order valence-corrected chi connectivity index (χ1v) is 10.7. The highest BCUT2D eigenvalue weighted by molar-refractivity contribution is 5.26. The van der Waals surface area contributed by atoms with Crippen LogP contribution in [-0.4, -0.2) is 17.7 Å². The number of aliphatic hydroxyl groups is 1. The van der Waals surface area contributed by atoms with Crippen LogP contribution in [0.4, 0.5) is 0 Å². The lowest BCUT2D eigenvalue weighted by atomic mass is 9.78. The maximum Gasteiger partial charge on any atom is 0.139 e. The fourth-order valence-corrected chi connectivity index (χ4v) is 4.31. The Hall–Kier alpha value is -2.08. The third-order valence-corrected chi connectivity index (χ3v) is 6.19. The molecule has 0 amide bonds. The Bertz CT molecular complexity index is 768. The molecule has 28 heavy (non-hydrogen) atoms. The first kappa shape index (κ1) is 20.6. The van der Waals surface area contributed by atoms with Crippen molar-refractivity contribution in [1.82, 2.24) is 0 Å². The van der Waals surface area contributed by atoms with Crippen molar-refractivity contribution >= 4 is 0 Å². The standard InChI is InChI=1S/C26H33NO/c1-22(2)27(21-23-13-5-3-6-14-23)20-12-11-19-26(28,25-17-9-10-18-25)24-15-7-4-8-16-24/h3-8,13-16,22,25,28H,9-10,17-21H2,1-2H3/p+1/t26-/m0/s1. The molecule has 2 atom stereocenters. The van der Waals surface area contributed by atoms with Gasteiger partial charge in [-0.1, -0.05) is 79.4 Å². The minimum Gasteiger partial charge on any atom is -0.384 e. The van der Waals surface area contributed by atoms with Gasteiger partial charge in [-0.2, -0.15) is 0 Å². The summed E-state index contributed by atoms with van der Waals surface area (Å²) in [5.74, 6) is 7.06. The van der Waals surface area contributed by atoms with Crippen LogP contribution in [0.25, 0.3) is 0 Å². The van der Waals surface area contributed by atoms with E-state index in [-0.39, 0.29) is 0 Å². The van der Waals surface area contributed by atoms with Gasteiger partial charge in [-0.05, 0) is 44.1 Å². The Morgan fingerprint density at radius 2 is 1.57 bits per heavy atom. The molecule has 0 heterocycles. The number of quaternary nitrogens is 1. The molecule has 2 heteroatoms. The number of hydrogen-bond acceptors (Lipinski definition) is 1. The number of nitrogens with one attached hydrogen (secondary N) is 1. The molecular formula is C26H34NO+. The molecular weight excluding hydrogens is 342 g/mol. The van der Waals surface area contributed by atoms with E-state index in [1.54, 1.807) is 0 Å². The summed E-state index contributed by atoms with van der Waals surface area (Å²) in [6.07, 6.45) is 5.17. The first-order valence-electron chi connectivity index (χ1n) is 10.7. The highest BCUT2D eigenvalue weighted by Gasteiger charge is 2.39. The number of rotatable bonds is 7. The highest BCUT2D eigenvalue weighted by atomic mass is 16.3. The molecule has 0 spiro atoms. The molecule has 0 saturated heterocycles. The van der Waals surface area contributed by atoms with Gasteiger partial charge in [0, 0.05) is 12.0 Å². The molecule has 1 fully saturated rings. The third kappa shape index (κ3) is 5.25. The van der Waals surface area contributed by atoms with Gasteiger partial charge in [0.25, 0.3) is 0 Å². The largest absolute Gasteiger partial charge is 0.384 e. The Kier molecular flexibility index (Phi) is 7.31. The maximum atomic E-state index is 11.6. The van der Waals surface area contributed by atoms with Crippen molar-refractivity contribution < 1.29 is 10.0 Å². The quantitative estimate of drug-likeness (QED) is 0.703. The van der Waals surface area contributed by atoms with Crippen LogP contribution >= 0.6 is 0 Å². The van der Waals surface area contributed by atoms with Gasteiger partial charge in [-0.3, -0.25) is 0 Å². The first-order chi connectivity index (χ1) is 13.6. The van der Waals surface area contributed by atoms with Crippen LogP contribution in [0, 0.1) is 17.8 Å². The van der Waals surface area contributed by atoms with Crippen LogP contribution in [0.3, 0.4) is 0 Å². The molecule has 148 valence electrons. The van der Waals surface area contributed by atoms with Gasteiger partial charge in [0.1, 0.15) is 18.7 Å². The topological polar surface area (TPSA) is 24.7 Å². The SMILES string of the molecule is CC(C)[NH+](CC#CC[C@](O)(c1ccccc1)C1CCCC1)Cc1ccccc1.